The highest BCUT2D eigenvalue weighted by Gasteiger charge is 2.34. The van der Waals surface area contributed by atoms with Crippen LogP contribution in [0.1, 0.15) is 40.0 Å². The maximum atomic E-state index is 9.34. The second-order valence-electron chi connectivity index (χ2n) is 5.71. The topological polar surface area (TPSA) is 32.3 Å². The molecule has 2 N–H and O–H groups in total. The molecule has 0 aromatic rings. The van der Waals surface area contributed by atoms with Gasteiger partial charge in [0.05, 0.1) is 0 Å². The summed E-state index contributed by atoms with van der Waals surface area (Å²) >= 11 is 0. The third kappa shape index (κ3) is 2.71. The Labute approximate surface area is 88.1 Å². The monoisotopic (exact) mass is 199 g/mol. The highest BCUT2D eigenvalue weighted by Crippen LogP contribution is 2.40. The molecule has 0 aromatic heterocycles. The number of rotatable bonds is 2. The van der Waals surface area contributed by atoms with E-state index in [4.69, 9.17) is 0 Å². The van der Waals surface area contributed by atoms with Gasteiger partial charge < -0.3 is 10.4 Å². The van der Waals surface area contributed by atoms with Crippen molar-refractivity contribution in [2.75, 3.05) is 13.7 Å². The second kappa shape index (κ2) is 4.63. The lowest BCUT2D eigenvalue weighted by atomic mass is 9.68. The molecule has 1 aliphatic carbocycles. The number of aliphatic hydroxyl groups is 1. The van der Waals surface area contributed by atoms with E-state index in [0.717, 1.165) is 5.92 Å². The van der Waals surface area contributed by atoms with Crippen LogP contribution >= 0.6 is 0 Å². The summed E-state index contributed by atoms with van der Waals surface area (Å²) in [5.41, 5.74) is 0.395. The largest absolute Gasteiger partial charge is 0.396 e. The molecule has 0 aliphatic heterocycles. The van der Waals surface area contributed by atoms with E-state index < -0.39 is 0 Å². The molecule has 0 saturated heterocycles. The Morgan fingerprint density at radius 3 is 2.36 bits per heavy atom. The molecule has 1 rings (SSSR count). The Kier molecular flexibility index (Phi) is 3.96. The van der Waals surface area contributed by atoms with E-state index in [-0.39, 0.29) is 0 Å². The van der Waals surface area contributed by atoms with Gasteiger partial charge in [0.1, 0.15) is 0 Å². The van der Waals surface area contributed by atoms with Gasteiger partial charge in [0.25, 0.3) is 0 Å². The minimum absolute atomic E-state index is 0.331. The maximum absolute atomic E-state index is 9.34. The minimum Gasteiger partial charge on any atom is -0.396 e. The lowest BCUT2D eigenvalue weighted by Crippen LogP contribution is -2.42. The van der Waals surface area contributed by atoms with Crippen molar-refractivity contribution >= 4 is 0 Å². The van der Waals surface area contributed by atoms with E-state index in [1.807, 2.05) is 7.05 Å². The summed E-state index contributed by atoms with van der Waals surface area (Å²) in [5.74, 6) is 1.22. The van der Waals surface area contributed by atoms with Crippen molar-refractivity contribution in [1.29, 1.82) is 0 Å². The fraction of sp³-hybridized carbons (Fsp3) is 1.00. The van der Waals surface area contributed by atoms with E-state index in [1.54, 1.807) is 0 Å². The quantitative estimate of drug-likeness (QED) is 0.713. The molecule has 1 fully saturated rings. The van der Waals surface area contributed by atoms with Crippen molar-refractivity contribution in [2.45, 2.75) is 46.1 Å². The summed E-state index contributed by atoms with van der Waals surface area (Å²) in [6.07, 6.45) is 3.68. The Morgan fingerprint density at radius 1 is 1.29 bits per heavy atom. The van der Waals surface area contributed by atoms with Gasteiger partial charge in [-0.25, -0.2) is 0 Å². The van der Waals surface area contributed by atoms with E-state index >= 15 is 0 Å². The summed E-state index contributed by atoms with van der Waals surface area (Å²) in [6.45, 7) is 7.27. The van der Waals surface area contributed by atoms with Crippen LogP contribution in [0.2, 0.25) is 0 Å². The van der Waals surface area contributed by atoms with Gasteiger partial charge in [-0.05, 0) is 43.6 Å². The first-order valence-electron chi connectivity index (χ1n) is 5.77. The molecule has 0 radical (unpaired) electrons. The molecule has 3 atom stereocenters. The summed E-state index contributed by atoms with van der Waals surface area (Å²) in [4.78, 5) is 0. The Hall–Kier alpha value is -0.0800. The molecule has 0 bridgehead atoms. The van der Waals surface area contributed by atoms with Gasteiger partial charge >= 0.3 is 0 Å². The van der Waals surface area contributed by atoms with Crippen LogP contribution in [0.4, 0.5) is 0 Å². The lowest BCUT2D eigenvalue weighted by molar-refractivity contribution is 0.0790. The van der Waals surface area contributed by atoms with Crippen molar-refractivity contribution in [2.24, 2.45) is 17.3 Å². The van der Waals surface area contributed by atoms with Crippen LogP contribution in [0.25, 0.3) is 0 Å². The van der Waals surface area contributed by atoms with Crippen molar-refractivity contribution in [3.05, 3.63) is 0 Å². The zero-order chi connectivity index (χ0) is 10.8. The third-order valence-corrected chi connectivity index (χ3v) is 3.81. The van der Waals surface area contributed by atoms with Gasteiger partial charge in [-0.15, -0.1) is 0 Å². The average molecular weight is 199 g/mol. The van der Waals surface area contributed by atoms with Crippen LogP contribution in [-0.2, 0) is 0 Å². The first-order valence-corrected chi connectivity index (χ1v) is 5.77. The normalized spacial score (nSPS) is 34.5. The second-order valence-corrected chi connectivity index (χ2v) is 5.71. The number of nitrogens with one attached hydrogen (secondary N) is 1. The van der Waals surface area contributed by atoms with Crippen molar-refractivity contribution in [1.82, 2.24) is 5.32 Å². The maximum Gasteiger partial charge on any atom is 0.0474 e. The highest BCUT2D eigenvalue weighted by atomic mass is 16.3. The Balaban J connectivity index is 2.57. The number of hydrogen-bond acceptors (Lipinski definition) is 2. The minimum atomic E-state index is 0.331. The van der Waals surface area contributed by atoms with Crippen LogP contribution in [0, 0.1) is 17.3 Å². The fourth-order valence-corrected chi connectivity index (χ4v) is 2.63. The molecule has 0 aromatic carbocycles. The highest BCUT2D eigenvalue weighted by molar-refractivity contribution is 4.88. The van der Waals surface area contributed by atoms with E-state index in [9.17, 15) is 5.11 Å². The van der Waals surface area contributed by atoms with E-state index in [0.29, 0.717) is 24.0 Å². The molecule has 14 heavy (non-hydrogen) atoms. The molecule has 3 unspecified atom stereocenters. The standard InChI is InChI=1S/C12H25NO/c1-12(2,3)10-5-6-11(13-4)9(7-10)8-14/h9-11,13-14H,5-8H2,1-4H3. The van der Waals surface area contributed by atoms with Crippen LogP contribution in [0.3, 0.4) is 0 Å². The first kappa shape index (κ1) is 12.0. The van der Waals surface area contributed by atoms with Gasteiger partial charge in [-0.2, -0.15) is 0 Å². The molecule has 2 nitrogen and oxygen atoms in total. The number of aliphatic hydroxyl groups excluding tert-OH is 1. The molecule has 0 heterocycles. The first-order chi connectivity index (χ1) is 6.49. The van der Waals surface area contributed by atoms with E-state index in [1.165, 1.54) is 19.3 Å². The Morgan fingerprint density at radius 2 is 1.93 bits per heavy atom. The lowest BCUT2D eigenvalue weighted by Gasteiger charge is -2.41. The van der Waals surface area contributed by atoms with E-state index in [2.05, 4.69) is 26.1 Å². The van der Waals surface area contributed by atoms with Gasteiger partial charge in [-0.3, -0.25) is 0 Å². The average Bonchev–Trinajstić information content (AvgIpc) is 2.15. The molecular weight excluding hydrogens is 174 g/mol. The molecule has 84 valence electrons. The SMILES string of the molecule is CNC1CCC(C(C)(C)C)CC1CO. The molecule has 2 heteroatoms. The molecular formula is C12H25NO. The third-order valence-electron chi connectivity index (χ3n) is 3.81. The zero-order valence-corrected chi connectivity index (χ0v) is 10.0. The zero-order valence-electron chi connectivity index (χ0n) is 10.0. The van der Waals surface area contributed by atoms with Crippen LogP contribution < -0.4 is 5.32 Å². The Bertz CT molecular complexity index is 174. The van der Waals surface area contributed by atoms with Gasteiger partial charge in [-0.1, -0.05) is 20.8 Å². The van der Waals surface area contributed by atoms with Gasteiger partial charge in [0.15, 0.2) is 0 Å². The smallest absolute Gasteiger partial charge is 0.0474 e. The molecule has 0 amide bonds. The predicted octanol–water partition coefficient (Wildman–Crippen LogP) is 2.03. The summed E-state index contributed by atoms with van der Waals surface area (Å²) in [5, 5.41) is 12.7. The van der Waals surface area contributed by atoms with Crippen molar-refractivity contribution in [3.63, 3.8) is 0 Å². The number of hydrogen-bond donors (Lipinski definition) is 2. The van der Waals surface area contributed by atoms with Crippen molar-refractivity contribution < 1.29 is 5.11 Å². The van der Waals surface area contributed by atoms with Crippen LogP contribution in [0.15, 0.2) is 0 Å². The molecule has 0 spiro atoms. The van der Waals surface area contributed by atoms with Crippen molar-refractivity contribution in [3.8, 4) is 0 Å². The molecule has 1 aliphatic rings. The van der Waals surface area contributed by atoms with Crippen LogP contribution in [0.5, 0.6) is 0 Å². The molecule has 1 saturated carbocycles. The summed E-state index contributed by atoms with van der Waals surface area (Å²) in [7, 11) is 2.00. The summed E-state index contributed by atoms with van der Waals surface area (Å²) < 4.78 is 0. The van der Waals surface area contributed by atoms with Crippen LogP contribution in [-0.4, -0.2) is 24.8 Å². The fourth-order valence-electron chi connectivity index (χ4n) is 2.63. The van der Waals surface area contributed by atoms with Gasteiger partial charge in [0, 0.05) is 12.6 Å². The van der Waals surface area contributed by atoms with Gasteiger partial charge in [0.2, 0.25) is 0 Å². The summed E-state index contributed by atoms with van der Waals surface area (Å²) in [6, 6.07) is 0.526. The predicted molar refractivity (Wildman–Crippen MR) is 60.2 cm³/mol.